The average molecular weight is 287 g/mol. The van der Waals surface area contributed by atoms with E-state index in [0.717, 1.165) is 0 Å². The Bertz CT molecular complexity index is 477. The molecule has 1 heterocycles. The number of nitrogens with one attached hydrogen (secondary N) is 1. The fourth-order valence-corrected chi connectivity index (χ4v) is 1.38. The van der Waals surface area contributed by atoms with Gasteiger partial charge in [0, 0.05) is 6.20 Å². The summed E-state index contributed by atoms with van der Waals surface area (Å²) in [6, 6.07) is 1.39. The molecule has 0 spiro atoms. The monoisotopic (exact) mass is 286 g/mol. The predicted molar refractivity (Wildman–Crippen MR) is 69.5 cm³/mol. The first-order chi connectivity index (χ1) is 8.90. The summed E-state index contributed by atoms with van der Waals surface area (Å²) in [4.78, 5) is 25.8. The van der Waals surface area contributed by atoms with Gasteiger partial charge in [0.2, 0.25) is 5.88 Å². The number of carboxylic acids is 1. The summed E-state index contributed by atoms with van der Waals surface area (Å²) in [6.07, 6.45) is 1.29. The molecule has 1 amide bonds. The Labute approximate surface area is 115 Å². The van der Waals surface area contributed by atoms with Gasteiger partial charge in [-0.2, -0.15) is 0 Å². The van der Waals surface area contributed by atoms with Crippen molar-refractivity contribution in [3.05, 3.63) is 22.8 Å². The molecule has 1 aromatic rings. The largest absolute Gasteiger partial charge is 0.480 e. The van der Waals surface area contributed by atoms with E-state index in [1.807, 2.05) is 13.8 Å². The van der Waals surface area contributed by atoms with Crippen molar-refractivity contribution >= 4 is 23.5 Å². The number of hydrogen-bond acceptors (Lipinski definition) is 4. The maximum atomic E-state index is 11.6. The quantitative estimate of drug-likeness (QED) is 0.829. The summed E-state index contributed by atoms with van der Waals surface area (Å²) in [5.74, 6) is -1.09. The first-order valence-corrected chi connectivity index (χ1v) is 6.06. The molecule has 0 aliphatic rings. The highest BCUT2D eigenvalue weighted by Gasteiger charge is 2.12. The van der Waals surface area contributed by atoms with Gasteiger partial charge < -0.3 is 15.2 Å². The number of rotatable bonds is 6. The second-order valence-electron chi connectivity index (χ2n) is 4.29. The van der Waals surface area contributed by atoms with Gasteiger partial charge in [-0.1, -0.05) is 25.4 Å². The third-order valence-corrected chi connectivity index (χ3v) is 2.29. The highest BCUT2D eigenvalue weighted by atomic mass is 35.5. The van der Waals surface area contributed by atoms with Crippen LogP contribution in [0.2, 0.25) is 5.02 Å². The van der Waals surface area contributed by atoms with Gasteiger partial charge in [-0.15, -0.1) is 0 Å². The number of ether oxygens (including phenoxy) is 1. The molecule has 2 N–H and O–H groups in total. The molecule has 1 aromatic heterocycles. The zero-order valence-corrected chi connectivity index (χ0v) is 11.4. The van der Waals surface area contributed by atoms with Crippen LogP contribution in [0.4, 0.5) is 0 Å². The summed E-state index contributed by atoms with van der Waals surface area (Å²) in [7, 11) is 0. The Morgan fingerprint density at radius 3 is 2.74 bits per heavy atom. The number of aliphatic carboxylic acids is 1. The van der Waals surface area contributed by atoms with Crippen LogP contribution in [-0.4, -0.2) is 35.1 Å². The van der Waals surface area contributed by atoms with E-state index in [1.54, 1.807) is 0 Å². The molecular weight excluding hydrogens is 272 g/mol. The van der Waals surface area contributed by atoms with E-state index >= 15 is 0 Å². The van der Waals surface area contributed by atoms with Gasteiger partial charge >= 0.3 is 5.97 Å². The van der Waals surface area contributed by atoms with Gasteiger partial charge in [0.1, 0.15) is 11.6 Å². The molecule has 0 aromatic carbocycles. The number of aromatic nitrogens is 1. The maximum Gasteiger partial charge on any atom is 0.322 e. The lowest BCUT2D eigenvalue weighted by atomic mass is 10.2. The maximum absolute atomic E-state index is 11.6. The lowest BCUT2D eigenvalue weighted by molar-refractivity contribution is -0.135. The van der Waals surface area contributed by atoms with Crippen molar-refractivity contribution in [1.29, 1.82) is 0 Å². The van der Waals surface area contributed by atoms with E-state index < -0.39 is 18.4 Å². The SMILES string of the molecule is CC(C)COc1ncc(C(=O)NCC(=O)O)cc1Cl. The topological polar surface area (TPSA) is 88.5 Å². The van der Waals surface area contributed by atoms with E-state index in [4.69, 9.17) is 21.4 Å². The summed E-state index contributed by atoms with van der Waals surface area (Å²) < 4.78 is 5.36. The number of carbonyl (C=O) groups excluding carboxylic acids is 1. The van der Waals surface area contributed by atoms with Crippen LogP contribution in [0.15, 0.2) is 12.3 Å². The van der Waals surface area contributed by atoms with Crippen molar-refractivity contribution in [2.24, 2.45) is 5.92 Å². The van der Waals surface area contributed by atoms with E-state index in [-0.39, 0.29) is 16.5 Å². The van der Waals surface area contributed by atoms with Crippen molar-refractivity contribution in [2.45, 2.75) is 13.8 Å². The first-order valence-electron chi connectivity index (χ1n) is 5.68. The molecule has 0 atom stereocenters. The zero-order valence-electron chi connectivity index (χ0n) is 10.6. The molecule has 0 unspecified atom stereocenters. The molecule has 7 heteroatoms. The molecule has 19 heavy (non-hydrogen) atoms. The Kier molecular flexibility index (Phi) is 5.57. The summed E-state index contributed by atoms with van der Waals surface area (Å²) >= 11 is 5.94. The molecule has 104 valence electrons. The van der Waals surface area contributed by atoms with Crippen molar-refractivity contribution in [1.82, 2.24) is 10.3 Å². The number of amides is 1. The normalized spacial score (nSPS) is 10.3. The van der Waals surface area contributed by atoms with Gasteiger partial charge in [-0.25, -0.2) is 4.98 Å². The Morgan fingerprint density at radius 1 is 1.53 bits per heavy atom. The molecule has 0 fully saturated rings. The van der Waals surface area contributed by atoms with E-state index in [0.29, 0.717) is 12.5 Å². The minimum absolute atomic E-state index is 0.183. The molecule has 0 aliphatic carbocycles. The Morgan fingerprint density at radius 2 is 2.21 bits per heavy atom. The van der Waals surface area contributed by atoms with Gasteiger partial charge in [-0.3, -0.25) is 9.59 Å². The number of halogens is 1. The number of nitrogens with zero attached hydrogens (tertiary/aromatic N) is 1. The molecule has 0 radical (unpaired) electrons. The van der Waals surface area contributed by atoms with Gasteiger partial charge in [0.15, 0.2) is 0 Å². The van der Waals surface area contributed by atoms with Crippen LogP contribution in [0, 0.1) is 5.92 Å². The van der Waals surface area contributed by atoms with Crippen LogP contribution in [0.25, 0.3) is 0 Å². The van der Waals surface area contributed by atoms with Crippen LogP contribution in [0.5, 0.6) is 5.88 Å². The molecule has 0 aliphatic heterocycles. The highest BCUT2D eigenvalue weighted by Crippen LogP contribution is 2.22. The Hall–Kier alpha value is -1.82. The molecule has 1 rings (SSSR count). The second-order valence-corrected chi connectivity index (χ2v) is 4.70. The lowest BCUT2D eigenvalue weighted by Gasteiger charge is -2.10. The lowest BCUT2D eigenvalue weighted by Crippen LogP contribution is -2.29. The molecule has 0 saturated carbocycles. The molecule has 6 nitrogen and oxygen atoms in total. The first kappa shape index (κ1) is 15.2. The number of hydrogen-bond donors (Lipinski definition) is 2. The minimum Gasteiger partial charge on any atom is -0.480 e. The molecule has 0 saturated heterocycles. The number of pyridine rings is 1. The van der Waals surface area contributed by atoms with E-state index in [2.05, 4.69) is 10.3 Å². The third kappa shape index (κ3) is 5.13. The van der Waals surface area contributed by atoms with Crippen molar-refractivity contribution in [3.8, 4) is 5.88 Å². The van der Waals surface area contributed by atoms with Gasteiger partial charge in [0.25, 0.3) is 5.91 Å². The third-order valence-electron chi connectivity index (χ3n) is 2.02. The van der Waals surface area contributed by atoms with Crippen molar-refractivity contribution in [2.75, 3.05) is 13.2 Å². The fraction of sp³-hybridized carbons (Fsp3) is 0.417. The van der Waals surface area contributed by atoms with Crippen LogP contribution in [0.3, 0.4) is 0 Å². The summed E-state index contributed by atoms with van der Waals surface area (Å²) in [6.45, 7) is 3.99. The number of carboxylic acid groups (broad SMARTS) is 1. The fourth-order valence-electron chi connectivity index (χ4n) is 1.16. The molecular formula is C12H15ClN2O4. The highest BCUT2D eigenvalue weighted by molar-refractivity contribution is 6.32. The van der Waals surface area contributed by atoms with E-state index in [1.165, 1.54) is 12.3 Å². The van der Waals surface area contributed by atoms with Crippen LogP contribution < -0.4 is 10.1 Å². The smallest absolute Gasteiger partial charge is 0.322 e. The minimum atomic E-state index is -1.12. The van der Waals surface area contributed by atoms with Crippen LogP contribution >= 0.6 is 11.6 Å². The predicted octanol–water partition coefficient (Wildman–Crippen LogP) is 1.58. The van der Waals surface area contributed by atoms with Crippen molar-refractivity contribution in [3.63, 3.8) is 0 Å². The van der Waals surface area contributed by atoms with E-state index in [9.17, 15) is 9.59 Å². The molecule has 0 bridgehead atoms. The number of carbonyl (C=O) groups is 2. The zero-order chi connectivity index (χ0) is 14.4. The standard InChI is InChI=1S/C12H15ClN2O4/c1-7(2)6-19-12-9(13)3-8(4-15-12)11(18)14-5-10(16)17/h3-4,7H,5-6H2,1-2H3,(H,14,18)(H,16,17). The van der Waals surface area contributed by atoms with Gasteiger partial charge in [-0.05, 0) is 12.0 Å². The van der Waals surface area contributed by atoms with Gasteiger partial charge in [0.05, 0.1) is 12.2 Å². The Balaban J connectivity index is 2.70. The second kappa shape index (κ2) is 6.94. The van der Waals surface area contributed by atoms with Crippen molar-refractivity contribution < 1.29 is 19.4 Å². The summed E-state index contributed by atoms with van der Waals surface area (Å²) in [5.41, 5.74) is 0.183. The van der Waals surface area contributed by atoms with Crippen LogP contribution in [-0.2, 0) is 4.79 Å². The average Bonchev–Trinajstić information content (AvgIpc) is 2.34. The van der Waals surface area contributed by atoms with Crippen LogP contribution in [0.1, 0.15) is 24.2 Å². The summed E-state index contributed by atoms with van der Waals surface area (Å²) in [5, 5.41) is 10.9.